The number of piperidine rings is 1. The number of anilines is 1. The number of aryl methyl sites for hydroxylation is 1. The third-order valence-corrected chi connectivity index (χ3v) is 3.39. The molecule has 0 saturated carbocycles. The van der Waals surface area contributed by atoms with E-state index in [1.807, 2.05) is 0 Å². The van der Waals surface area contributed by atoms with Gasteiger partial charge in [0.1, 0.15) is 5.82 Å². The number of hydrogen-bond acceptors (Lipinski definition) is 3. The normalized spacial score (nSPS) is 18.1. The molecule has 0 aliphatic carbocycles. The van der Waals surface area contributed by atoms with Gasteiger partial charge in [-0.3, -0.25) is 0 Å². The number of nitrogens with zero attached hydrogens (tertiary/aromatic N) is 3. The molecule has 3 heteroatoms. The van der Waals surface area contributed by atoms with E-state index in [0.717, 1.165) is 30.6 Å². The van der Waals surface area contributed by atoms with Crippen molar-refractivity contribution in [1.82, 2.24) is 9.88 Å². The van der Waals surface area contributed by atoms with E-state index < -0.39 is 0 Å². The zero-order valence-electron chi connectivity index (χ0n) is 10.5. The topological polar surface area (TPSA) is 19.4 Å². The van der Waals surface area contributed by atoms with Crippen LogP contribution < -0.4 is 4.90 Å². The number of aromatic nitrogens is 1. The first-order valence-electron chi connectivity index (χ1n) is 6.02. The summed E-state index contributed by atoms with van der Waals surface area (Å²) in [4.78, 5) is 9.31. The smallest absolute Gasteiger partial charge is 0.128 e. The zero-order valence-corrected chi connectivity index (χ0v) is 10.5. The fourth-order valence-electron chi connectivity index (χ4n) is 2.32. The van der Waals surface area contributed by atoms with Gasteiger partial charge in [0.05, 0.1) is 0 Å². The molecule has 1 saturated heterocycles. The molecule has 0 unspecified atom stereocenters. The van der Waals surface area contributed by atoms with E-state index in [-0.39, 0.29) is 0 Å². The van der Waals surface area contributed by atoms with Gasteiger partial charge in [0.15, 0.2) is 0 Å². The van der Waals surface area contributed by atoms with Crippen molar-refractivity contribution in [3.05, 3.63) is 23.9 Å². The minimum atomic E-state index is 0.737. The summed E-state index contributed by atoms with van der Waals surface area (Å²) in [6.45, 7) is 4.30. The molecule has 0 atom stereocenters. The SMILES string of the molecule is Cc1cccc(N2CCC(N(C)C)CC2)n1. The average Bonchev–Trinajstić information content (AvgIpc) is 2.29. The molecule has 0 aromatic carbocycles. The Labute approximate surface area is 98.1 Å². The Kier molecular flexibility index (Phi) is 3.44. The maximum Gasteiger partial charge on any atom is 0.128 e. The van der Waals surface area contributed by atoms with E-state index in [9.17, 15) is 0 Å². The summed E-state index contributed by atoms with van der Waals surface area (Å²) < 4.78 is 0. The van der Waals surface area contributed by atoms with Crippen LogP contribution >= 0.6 is 0 Å². The molecule has 2 heterocycles. The van der Waals surface area contributed by atoms with Gasteiger partial charge in [0, 0.05) is 24.8 Å². The highest BCUT2D eigenvalue weighted by atomic mass is 15.2. The van der Waals surface area contributed by atoms with Crippen molar-refractivity contribution in [3.8, 4) is 0 Å². The van der Waals surface area contributed by atoms with Crippen LogP contribution in [0.15, 0.2) is 18.2 Å². The predicted octanol–water partition coefficient (Wildman–Crippen LogP) is 1.92. The van der Waals surface area contributed by atoms with E-state index in [4.69, 9.17) is 0 Å². The van der Waals surface area contributed by atoms with Crippen LogP contribution in [0.2, 0.25) is 0 Å². The molecule has 0 radical (unpaired) electrons. The van der Waals surface area contributed by atoms with Crippen LogP contribution in [0.25, 0.3) is 0 Å². The molecule has 2 rings (SSSR count). The van der Waals surface area contributed by atoms with Crippen molar-refractivity contribution in [3.63, 3.8) is 0 Å². The quantitative estimate of drug-likeness (QED) is 0.757. The summed E-state index contributed by atoms with van der Waals surface area (Å²) in [5.74, 6) is 1.14. The molecule has 88 valence electrons. The van der Waals surface area contributed by atoms with E-state index in [2.05, 4.69) is 54.0 Å². The second kappa shape index (κ2) is 4.83. The highest BCUT2D eigenvalue weighted by Crippen LogP contribution is 2.19. The molecular formula is C13H21N3. The largest absolute Gasteiger partial charge is 0.356 e. The molecule has 1 aliphatic rings. The maximum atomic E-state index is 4.58. The molecule has 3 nitrogen and oxygen atoms in total. The van der Waals surface area contributed by atoms with Crippen LogP contribution in [-0.2, 0) is 0 Å². The lowest BCUT2D eigenvalue weighted by Crippen LogP contribution is -2.42. The van der Waals surface area contributed by atoms with E-state index >= 15 is 0 Å². The molecular weight excluding hydrogens is 198 g/mol. The molecule has 1 fully saturated rings. The fraction of sp³-hybridized carbons (Fsp3) is 0.615. The van der Waals surface area contributed by atoms with Crippen molar-refractivity contribution < 1.29 is 0 Å². The Morgan fingerprint density at radius 3 is 2.50 bits per heavy atom. The molecule has 0 spiro atoms. The molecule has 0 bridgehead atoms. The predicted molar refractivity (Wildman–Crippen MR) is 67.9 cm³/mol. The Bertz CT molecular complexity index is 341. The Morgan fingerprint density at radius 1 is 1.25 bits per heavy atom. The van der Waals surface area contributed by atoms with E-state index in [1.165, 1.54) is 12.8 Å². The summed E-state index contributed by atoms with van der Waals surface area (Å²) in [6, 6.07) is 7.00. The highest BCUT2D eigenvalue weighted by Gasteiger charge is 2.21. The van der Waals surface area contributed by atoms with Crippen LogP contribution in [-0.4, -0.2) is 43.1 Å². The highest BCUT2D eigenvalue weighted by molar-refractivity contribution is 5.39. The monoisotopic (exact) mass is 219 g/mol. The van der Waals surface area contributed by atoms with Gasteiger partial charge in [0.25, 0.3) is 0 Å². The molecule has 0 amide bonds. The van der Waals surface area contributed by atoms with Crippen molar-refractivity contribution >= 4 is 5.82 Å². The first-order valence-corrected chi connectivity index (χ1v) is 6.02. The Hall–Kier alpha value is -1.09. The zero-order chi connectivity index (χ0) is 11.5. The lowest BCUT2D eigenvalue weighted by molar-refractivity contribution is 0.249. The van der Waals surface area contributed by atoms with Crippen molar-refractivity contribution in [2.24, 2.45) is 0 Å². The first kappa shape index (κ1) is 11.4. The third-order valence-electron chi connectivity index (χ3n) is 3.39. The third kappa shape index (κ3) is 2.53. The molecule has 1 aromatic heterocycles. The van der Waals surface area contributed by atoms with Gasteiger partial charge in [-0.15, -0.1) is 0 Å². The van der Waals surface area contributed by atoms with Crippen LogP contribution in [0.3, 0.4) is 0 Å². The molecule has 1 aromatic rings. The van der Waals surface area contributed by atoms with Crippen molar-refractivity contribution in [1.29, 1.82) is 0 Å². The fourth-order valence-corrected chi connectivity index (χ4v) is 2.32. The van der Waals surface area contributed by atoms with Gasteiger partial charge in [0.2, 0.25) is 0 Å². The van der Waals surface area contributed by atoms with Gasteiger partial charge >= 0.3 is 0 Å². The van der Waals surface area contributed by atoms with E-state index in [0.29, 0.717) is 0 Å². The minimum absolute atomic E-state index is 0.737. The summed E-state index contributed by atoms with van der Waals surface area (Å²) in [6.07, 6.45) is 2.48. The number of pyridine rings is 1. The first-order chi connectivity index (χ1) is 7.66. The summed E-state index contributed by atoms with van der Waals surface area (Å²) in [5.41, 5.74) is 1.10. The average molecular weight is 219 g/mol. The van der Waals surface area contributed by atoms with Crippen LogP contribution in [0, 0.1) is 6.92 Å². The van der Waals surface area contributed by atoms with Crippen LogP contribution in [0.5, 0.6) is 0 Å². The molecule has 16 heavy (non-hydrogen) atoms. The summed E-state index contributed by atoms with van der Waals surface area (Å²) in [7, 11) is 4.34. The van der Waals surface area contributed by atoms with Gasteiger partial charge in [-0.25, -0.2) is 4.98 Å². The van der Waals surface area contributed by atoms with Crippen LogP contribution in [0.1, 0.15) is 18.5 Å². The number of rotatable bonds is 2. The van der Waals surface area contributed by atoms with Crippen molar-refractivity contribution in [2.45, 2.75) is 25.8 Å². The van der Waals surface area contributed by atoms with Gasteiger partial charge in [-0.2, -0.15) is 0 Å². The Balaban J connectivity index is 1.99. The van der Waals surface area contributed by atoms with Crippen LogP contribution in [0.4, 0.5) is 5.82 Å². The lowest BCUT2D eigenvalue weighted by atomic mass is 10.0. The molecule has 0 N–H and O–H groups in total. The Morgan fingerprint density at radius 2 is 1.94 bits per heavy atom. The van der Waals surface area contributed by atoms with Gasteiger partial charge in [-0.1, -0.05) is 6.07 Å². The van der Waals surface area contributed by atoms with Gasteiger partial charge < -0.3 is 9.80 Å². The lowest BCUT2D eigenvalue weighted by Gasteiger charge is -2.35. The van der Waals surface area contributed by atoms with Crippen molar-refractivity contribution in [2.75, 3.05) is 32.1 Å². The van der Waals surface area contributed by atoms with E-state index in [1.54, 1.807) is 0 Å². The standard InChI is InChI=1S/C13H21N3/c1-11-5-4-6-13(14-11)16-9-7-12(8-10-16)15(2)3/h4-6,12H,7-10H2,1-3H3. The summed E-state index contributed by atoms with van der Waals surface area (Å²) >= 11 is 0. The molecule has 1 aliphatic heterocycles. The number of hydrogen-bond donors (Lipinski definition) is 0. The van der Waals surface area contributed by atoms with Gasteiger partial charge in [-0.05, 0) is 46.0 Å². The second-order valence-electron chi connectivity index (χ2n) is 4.82. The second-order valence-corrected chi connectivity index (χ2v) is 4.82. The minimum Gasteiger partial charge on any atom is -0.356 e. The summed E-state index contributed by atoms with van der Waals surface area (Å²) in [5, 5.41) is 0. The maximum absolute atomic E-state index is 4.58.